The van der Waals surface area contributed by atoms with E-state index in [4.69, 9.17) is 11.6 Å². The van der Waals surface area contributed by atoms with Gasteiger partial charge in [0.1, 0.15) is 6.10 Å². The van der Waals surface area contributed by atoms with Crippen molar-refractivity contribution in [3.05, 3.63) is 29.8 Å². The number of aryl methyl sites for hydroxylation is 1. The van der Waals surface area contributed by atoms with Gasteiger partial charge in [-0.1, -0.05) is 36.2 Å². The van der Waals surface area contributed by atoms with E-state index >= 15 is 0 Å². The minimum absolute atomic E-state index is 0.321. The fourth-order valence-corrected chi connectivity index (χ4v) is 4.19. The van der Waals surface area contributed by atoms with Gasteiger partial charge in [0.15, 0.2) is 0 Å². The summed E-state index contributed by atoms with van der Waals surface area (Å²) in [6.45, 7) is 3.56. The largest absolute Gasteiger partial charge is 0.387 e. The molecule has 18 heavy (non-hydrogen) atoms. The third-order valence-electron chi connectivity index (χ3n) is 3.52. The van der Waals surface area contributed by atoms with E-state index < -0.39 is 33.2 Å². The Kier molecular flexibility index (Phi) is 3.81. The van der Waals surface area contributed by atoms with Crippen LogP contribution < -0.4 is 0 Å². The molecule has 2 nitrogen and oxygen atoms in total. The number of aliphatic hydroxyl groups is 1. The zero-order valence-electron chi connectivity index (χ0n) is 10.3. The van der Waals surface area contributed by atoms with E-state index in [-0.39, 0.29) is 0 Å². The van der Waals surface area contributed by atoms with Gasteiger partial charge >= 0.3 is 0 Å². The number of alkyl halides is 2. The molecule has 0 aromatic heterocycles. The number of halogens is 2. The van der Waals surface area contributed by atoms with E-state index in [0.29, 0.717) is 11.3 Å². The van der Waals surface area contributed by atoms with E-state index in [1.807, 2.05) is 19.1 Å². The molecular formula is C13H16ClFO2S. The van der Waals surface area contributed by atoms with Crippen LogP contribution in [0.15, 0.2) is 29.2 Å². The normalized spacial score (nSPS) is 37.7. The van der Waals surface area contributed by atoms with Crippen LogP contribution in [0, 0.1) is 12.8 Å². The van der Waals surface area contributed by atoms with E-state index in [9.17, 15) is 13.7 Å². The molecular weight excluding hydrogens is 275 g/mol. The summed E-state index contributed by atoms with van der Waals surface area (Å²) in [6, 6.07) is 7.19. The lowest BCUT2D eigenvalue weighted by atomic mass is 10.1. The molecule has 1 aromatic rings. The molecule has 1 aliphatic carbocycles. The van der Waals surface area contributed by atoms with Crippen LogP contribution in [0.4, 0.5) is 4.39 Å². The Hall–Kier alpha value is -0.450. The number of rotatable bonds is 2. The van der Waals surface area contributed by atoms with Crippen LogP contribution in [0.1, 0.15) is 18.9 Å². The predicted molar refractivity (Wildman–Crippen MR) is 70.9 cm³/mol. The highest BCUT2D eigenvalue weighted by Crippen LogP contribution is 2.45. The van der Waals surface area contributed by atoms with Crippen molar-refractivity contribution in [3.63, 3.8) is 0 Å². The van der Waals surface area contributed by atoms with E-state index in [2.05, 4.69) is 0 Å². The monoisotopic (exact) mass is 290 g/mol. The minimum atomic E-state index is -2.18. The molecule has 0 unspecified atom stereocenters. The molecule has 0 bridgehead atoms. The minimum Gasteiger partial charge on any atom is -0.387 e. The summed E-state index contributed by atoms with van der Waals surface area (Å²) in [6.07, 6.45) is -1.07. The van der Waals surface area contributed by atoms with Gasteiger partial charge in [-0.15, -0.1) is 0 Å². The molecule has 0 aliphatic heterocycles. The van der Waals surface area contributed by atoms with Crippen molar-refractivity contribution in [3.8, 4) is 0 Å². The fraction of sp³-hybridized carbons (Fsp3) is 0.538. The number of aliphatic hydroxyl groups excluding tert-OH is 1. The van der Waals surface area contributed by atoms with Crippen molar-refractivity contribution in [2.75, 3.05) is 0 Å². The maximum absolute atomic E-state index is 14.0. The molecule has 1 aliphatic rings. The van der Waals surface area contributed by atoms with Gasteiger partial charge in [-0.2, -0.15) is 0 Å². The standard InChI is InChI=1S/C13H16ClFO2S/c1-8-3-5-10(6-4-8)18(17)11-7-9(2)13(14,15)12(11)16/h3-6,9,11-12,16H,7H2,1-2H3/t9-,11+,12+,13-,18-/m0/s1. The molecule has 2 rings (SSSR count). The summed E-state index contributed by atoms with van der Waals surface area (Å²) in [4.78, 5) is 0.603. The number of hydrogen-bond acceptors (Lipinski definition) is 2. The van der Waals surface area contributed by atoms with Crippen LogP contribution in [0.3, 0.4) is 0 Å². The van der Waals surface area contributed by atoms with E-state index in [1.54, 1.807) is 19.1 Å². The van der Waals surface area contributed by atoms with Gasteiger partial charge in [-0.25, -0.2) is 4.39 Å². The molecule has 5 heteroatoms. The second-order valence-corrected chi connectivity index (χ2v) is 7.16. The zero-order chi connectivity index (χ0) is 13.5. The van der Waals surface area contributed by atoms with Crippen molar-refractivity contribution in [1.82, 2.24) is 0 Å². The van der Waals surface area contributed by atoms with E-state index in [1.165, 1.54) is 0 Å². The topological polar surface area (TPSA) is 37.3 Å². The van der Waals surface area contributed by atoms with Crippen LogP contribution in [0.25, 0.3) is 0 Å². The third kappa shape index (κ3) is 2.33. The van der Waals surface area contributed by atoms with Gasteiger partial charge in [0.25, 0.3) is 0 Å². The average Bonchev–Trinajstić information content (AvgIpc) is 2.53. The summed E-state index contributed by atoms with van der Waals surface area (Å²) in [5.41, 5.74) is 1.06. The summed E-state index contributed by atoms with van der Waals surface area (Å²) >= 11 is 5.67. The van der Waals surface area contributed by atoms with Crippen LogP contribution >= 0.6 is 11.6 Å². The maximum atomic E-state index is 14.0. The first-order valence-corrected chi connectivity index (χ1v) is 7.46. The third-order valence-corrected chi connectivity index (χ3v) is 5.85. The highest BCUT2D eigenvalue weighted by Gasteiger charge is 2.54. The van der Waals surface area contributed by atoms with Gasteiger partial charge in [0.2, 0.25) is 5.13 Å². The second-order valence-electron chi connectivity index (χ2n) is 4.91. The van der Waals surface area contributed by atoms with Crippen molar-refractivity contribution >= 4 is 22.4 Å². The molecule has 0 saturated heterocycles. The van der Waals surface area contributed by atoms with Crippen LogP contribution in [-0.2, 0) is 10.8 Å². The fourth-order valence-electron chi connectivity index (χ4n) is 2.23. The molecule has 1 aromatic carbocycles. The molecule has 0 amide bonds. The van der Waals surface area contributed by atoms with Crippen molar-refractivity contribution < 1.29 is 13.7 Å². The Balaban J connectivity index is 2.23. The molecule has 1 saturated carbocycles. The maximum Gasteiger partial charge on any atom is 0.212 e. The highest BCUT2D eigenvalue weighted by molar-refractivity contribution is 7.85. The lowest BCUT2D eigenvalue weighted by Crippen LogP contribution is -2.37. The lowest BCUT2D eigenvalue weighted by molar-refractivity contribution is 0.0588. The molecule has 0 heterocycles. The Labute approximate surface area is 114 Å². The zero-order valence-corrected chi connectivity index (χ0v) is 11.8. The van der Waals surface area contributed by atoms with Gasteiger partial charge in [0.05, 0.1) is 16.0 Å². The van der Waals surface area contributed by atoms with Crippen molar-refractivity contribution in [1.29, 1.82) is 0 Å². The first kappa shape index (κ1) is 14.0. The van der Waals surface area contributed by atoms with Crippen LogP contribution in [-0.4, -0.2) is 25.8 Å². The summed E-state index contributed by atoms with van der Waals surface area (Å²) in [5.74, 6) is -0.506. The molecule has 5 atom stereocenters. The van der Waals surface area contributed by atoms with Crippen LogP contribution in [0.5, 0.6) is 0 Å². The first-order chi connectivity index (χ1) is 8.34. The van der Waals surface area contributed by atoms with Crippen LogP contribution in [0.2, 0.25) is 0 Å². The molecule has 0 radical (unpaired) electrons. The highest BCUT2D eigenvalue weighted by atomic mass is 35.5. The smallest absolute Gasteiger partial charge is 0.212 e. The van der Waals surface area contributed by atoms with Gasteiger partial charge < -0.3 is 5.11 Å². The molecule has 0 spiro atoms. The SMILES string of the molecule is Cc1ccc([S@](=O)[C@@H]2C[C@H](C)[C@@](F)(Cl)[C@@H]2O)cc1. The van der Waals surface area contributed by atoms with E-state index in [0.717, 1.165) is 5.56 Å². The molecule has 1 N–H and O–H groups in total. The number of benzene rings is 1. The molecule has 100 valence electrons. The Morgan fingerprint density at radius 3 is 2.44 bits per heavy atom. The van der Waals surface area contributed by atoms with Gasteiger partial charge in [-0.05, 0) is 25.5 Å². The summed E-state index contributed by atoms with van der Waals surface area (Å²) < 4.78 is 26.3. The van der Waals surface area contributed by atoms with Gasteiger partial charge in [-0.3, -0.25) is 4.21 Å². The number of hydrogen-bond donors (Lipinski definition) is 1. The second kappa shape index (κ2) is 4.91. The Bertz CT molecular complexity index is 461. The summed E-state index contributed by atoms with van der Waals surface area (Å²) in [7, 11) is -1.44. The lowest BCUT2D eigenvalue weighted by Gasteiger charge is -2.21. The Morgan fingerprint density at radius 2 is 2.00 bits per heavy atom. The first-order valence-electron chi connectivity index (χ1n) is 5.87. The summed E-state index contributed by atoms with van der Waals surface area (Å²) in [5, 5.41) is 7.05. The van der Waals surface area contributed by atoms with Crippen molar-refractivity contribution in [2.45, 2.75) is 41.6 Å². The van der Waals surface area contributed by atoms with Gasteiger partial charge in [0, 0.05) is 10.8 Å². The predicted octanol–water partition coefficient (Wildman–Crippen LogP) is 2.78. The average molecular weight is 291 g/mol. The molecule has 1 fully saturated rings. The Morgan fingerprint density at radius 1 is 1.44 bits per heavy atom. The quantitative estimate of drug-likeness (QED) is 0.851. The van der Waals surface area contributed by atoms with Crippen molar-refractivity contribution in [2.24, 2.45) is 5.92 Å².